The second-order valence-corrected chi connectivity index (χ2v) is 6.90. The van der Waals surface area contributed by atoms with Crippen LogP contribution < -0.4 is 0 Å². The first-order valence-electron chi connectivity index (χ1n) is 5.91. The average Bonchev–Trinajstić information content (AvgIpc) is 2.20. The summed E-state index contributed by atoms with van der Waals surface area (Å²) in [7, 11) is 5.73. The van der Waals surface area contributed by atoms with Crippen molar-refractivity contribution in [2.24, 2.45) is 0 Å². The van der Waals surface area contributed by atoms with Crippen LogP contribution >= 0.6 is 15.9 Å². The van der Waals surface area contributed by atoms with Crippen LogP contribution in [-0.4, -0.2) is 67.5 Å². The number of ether oxygens (including phenoxy) is 1. The lowest BCUT2D eigenvalue weighted by Crippen LogP contribution is -2.44. The van der Waals surface area contributed by atoms with Gasteiger partial charge in [0.15, 0.2) is 0 Å². The van der Waals surface area contributed by atoms with E-state index in [1.54, 1.807) is 7.11 Å². The normalized spacial score (nSPS) is 11.9. The van der Waals surface area contributed by atoms with Crippen molar-refractivity contribution >= 4 is 21.8 Å². The lowest BCUT2D eigenvalue weighted by molar-refractivity contribution is -0.133. The topological polar surface area (TPSA) is 32.8 Å². The maximum atomic E-state index is 12.2. The van der Waals surface area contributed by atoms with Gasteiger partial charge in [-0.3, -0.25) is 4.79 Å². The zero-order valence-corrected chi connectivity index (χ0v) is 13.2. The third-order valence-corrected chi connectivity index (χ3v) is 2.73. The van der Waals surface area contributed by atoms with E-state index in [1.807, 2.05) is 32.8 Å². The molecule has 0 spiro atoms. The maximum absolute atomic E-state index is 12.2. The number of rotatable bonds is 8. The van der Waals surface area contributed by atoms with Gasteiger partial charge in [-0.05, 0) is 40.9 Å². The van der Waals surface area contributed by atoms with Crippen LogP contribution in [0, 0.1) is 0 Å². The Bertz CT molecular complexity index is 227. The van der Waals surface area contributed by atoms with E-state index in [9.17, 15) is 4.79 Å². The molecule has 0 aliphatic carbocycles. The summed E-state index contributed by atoms with van der Waals surface area (Å²) in [6, 6.07) is 0. The van der Waals surface area contributed by atoms with E-state index in [-0.39, 0.29) is 5.91 Å². The highest BCUT2D eigenvalue weighted by Crippen LogP contribution is 2.19. The molecule has 0 saturated carbocycles. The largest absolute Gasteiger partial charge is 0.383 e. The second-order valence-electron chi connectivity index (χ2n) is 4.91. The Hall–Kier alpha value is -0.130. The van der Waals surface area contributed by atoms with E-state index in [4.69, 9.17) is 4.74 Å². The van der Waals surface area contributed by atoms with Crippen LogP contribution in [0.1, 0.15) is 20.3 Å². The fourth-order valence-electron chi connectivity index (χ4n) is 1.47. The number of methoxy groups -OCH3 is 1. The van der Waals surface area contributed by atoms with Gasteiger partial charge in [0, 0.05) is 20.2 Å². The van der Waals surface area contributed by atoms with Gasteiger partial charge in [0.1, 0.15) is 0 Å². The van der Waals surface area contributed by atoms with Crippen molar-refractivity contribution in [3.8, 4) is 0 Å². The summed E-state index contributed by atoms with van der Waals surface area (Å²) in [4.78, 5) is 16.1. The Morgan fingerprint density at radius 1 is 1.24 bits per heavy atom. The minimum absolute atomic E-state index is 0.119. The van der Waals surface area contributed by atoms with E-state index in [2.05, 4.69) is 20.8 Å². The van der Waals surface area contributed by atoms with E-state index in [1.165, 1.54) is 0 Å². The number of hydrogen-bond acceptors (Lipinski definition) is 3. The van der Waals surface area contributed by atoms with Crippen LogP contribution in [0.3, 0.4) is 0 Å². The molecule has 0 aliphatic heterocycles. The third kappa shape index (κ3) is 7.73. The molecular weight excluding hydrogens is 284 g/mol. The summed E-state index contributed by atoms with van der Waals surface area (Å²) in [5.74, 6) is 0.119. The highest BCUT2D eigenvalue weighted by atomic mass is 79.9. The van der Waals surface area contributed by atoms with E-state index in [0.717, 1.165) is 19.5 Å². The van der Waals surface area contributed by atoms with E-state index >= 15 is 0 Å². The zero-order valence-electron chi connectivity index (χ0n) is 11.6. The first-order valence-corrected chi connectivity index (χ1v) is 6.70. The Balaban J connectivity index is 4.28. The monoisotopic (exact) mass is 308 g/mol. The molecule has 0 aromatic rings. The fraction of sp³-hybridized carbons (Fsp3) is 0.917. The summed E-state index contributed by atoms with van der Waals surface area (Å²) in [6.07, 6.45) is 0.978. The molecule has 0 radical (unpaired) electrons. The van der Waals surface area contributed by atoms with Crippen LogP contribution in [0.4, 0.5) is 0 Å². The summed E-state index contributed by atoms with van der Waals surface area (Å²) in [5.41, 5.74) is 0. The molecule has 102 valence electrons. The number of hydrogen-bond donors (Lipinski definition) is 0. The van der Waals surface area contributed by atoms with Crippen LogP contribution in [0.2, 0.25) is 0 Å². The van der Waals surface area contributed by atoms with Crippen molar-refractivity contribution < 1.29 is 9.53 Å². The average molecular weight is 309 g/mol. The second kappa shape index (κ2) is 8.06. The van der Waals surface area contributed by atoms with Crippen molar-refractivity contribution in [3.05, 3.63) is 0 Å². The number of carbonyl (C=O) groups is 1. The molecule has 0 heterocycles. The SMILES string of the molecule is COCCN(CCCN(C)C)C(=O)C(C)(C)Br. The molecule has 0 unspecified atom stereocenters. The van der Waals surface area contributed by atoms with Gasteiger partial charge in [-0.25, -0.2) is 0 Å². The molecule has 1 amide bonds. The van der Waals surface area contributed by atoms with Crippen molar-refractivity contribution in [2.75, 3.05) is 47.4 Å². The molecule has 0 bridgehead atoms. The van der Waals surface area contributed by atoms with Gasteiger partial charge in [0.05, 0.1) is 10.9 Å². The molecule has 0 aromatic heterocycles. The molecule has 5 heteroatoms. The fourth-order valence-corrected chi connectivity index (χ4v) is 1.72. The van der Waals surface area contributed by atoms with E-state index < -0.39 is 4.32 Å². The summed E-state index contributed by atoms with van der Waals surface area (Å²) in [5, 5.41) is 0. The lowest BCUT2D eigenvalue weighted by atomic mass is 10.2. The van der Waals surface area contributed by atoms with Crippen molar-refractivity contribution in [1.82, 2.24) is 9.80 Å². The molecule has 0 aliphatic rings. The number of alkyl halides is 1. The number of carbonyl (C=O) groups excluding carboxylic acids is 1. The minimum atomic E-state index is -0.501. The summed E-state index contributed by atoms with van der Waals surface area (Å²) >= 11 is 3.41. The van der Waals surface area contributed by atoms with Crippen LogP contribution in [0.5, 0.6) is 0 Å². The van der Waals surface area contributed by atoms with Crippen LogP contribution in [-0.2, 0) is 9.53 Å². The van der Waals surface area contributed by atoms with Gasteiger partial charge in [-0.15, -0.1) is 0 Å². The molecule has 0 fully saturated rings. The molecule has 0 saturated heterocycles. The Morgan fingerprint density at radius 2 is 1.82 bits per heavy atom. The number of halogens is 1. The zero-order chi connectivity index (χ0) is 13.5. The molecule has 0 atom stereocenters. The third-order valence-electron chi connectivity index (χ3n) is 2.39. The molecule has 0 aromatic carbocycles. The van der Waals surface area contributed by atoms with Crippen molar-refractivity contribution in [2.45, 2.75) is 24.6 Å². The Labute approximate surface area is 113 Å². The Morgan fingerprint density at radius 3 is 2.24 bits per heavy atom. The smallest absolute Gasteiger partial charge is 0.238 e. The summed E-state index contributed by atoms with van der Waals surface area (Å²) < 4.78 is 4.54. The Kier molecular flexibility index (Phi) is 8.00. The van der Waals surface area contributed by atoms with Gasteiger partial charge >= 0.3 is 0 Å². The van der Waals surface area contributed by atoms with E-state index in [0.29, 0.717) is 13.2 Å². The molecule has 0 rings (SSSR count). The molecule has 0 N–H and O–H groups in total. The predicted octanol–water partition coefficient (Wildman–Crippen LogP) is 1.59. The predicted molar refractivity (Wildman–Crippen MR) is 74.6 cm³/mol. The van der Waals surface area contributed by atoms with Gasteiger partial charge in [-0.1, -0.05) is 15.9 Å². The van der Waals surface area contributed by atoms with Crippen LogP contribution in [0.15, 0.2) is 0 Å². The minimum Gasteiger partial charge on any atom is -0.383 e. The maximum Gasteiger partial charge on any atom is 0.238 e. The first kappa shape index (κ1) is 16.9. The quantitative estimate of drug-likeness (QED) is 0.638. The number of nitrogens with zero attached hydrogens (tertiary/aromatic N) is 2. The first-order chi connectivity index (χ1) is 7.79. The highest BCUT2D eigenvalue weighted by Gasteiger charge is 2.28. The van der Waals surface area contributed by atoms with Crippen molar-refractivity contribution in [3.63, 3.8) is 0 Å². The van der Waals surface area contributed by atoms with Gasteiger partial charge < -0.3 is 14.5 Å². The van der Waals surface area contributed by atoms with Gasteiger partial charge in [0.2, 0.25) is 5.91 Å². The highest BCUT2D eigenvalue weighted by molar-refractivity contribution is 9.10. The summed E-state index contributed by atoms with van der Waals surface area (Å²) in [6.45, 7) is 6.74. The van der Waals surface area contributed by atoms with Gasteiger partial charge in [-0.2, -0.15) is 0 Å². The number of amides is 1. The van der Waals surface area contributed by atoms with Crippen LogP contribution in [0.25, 0.3) is 0 Å². The standard InChI is InChI=1S/C12H25BrN2O2/c1-12(2,13)11(16)15(9-10-17-5)8-6-7-14(3)4/h6-10H2,1-5H3. The lowest BCUT2D eigenvalue weighted by Gasteiger charge is -2.28. The van der Waals surface area contributed by atoms with Gasteiger partial charge in [0.25, 0.3) is 0 Å². The molecule has 4 nitrogen and oxygen atoms in total. The molecular formula is C12H25BrN2O2. The van der Waals surface area contributed by atoms with Crippen molar-refractivity contribution in [1.29, 1.82) is 0 Å². The molecule has 17 heavy (non-hydrogen) atoms.